The lowest BCUT2D eigenvalue weighted by atomic mass is 10.1. The zero-order valence-electron chi connectivity index (χ0n) is 18.0. The number of rotatable bonds is 5. The van der Waals surface area contributed by atoms with E-state index in [1.165, 1.54) is 11.1 Å². The molecule has 1 atom stereocenters. The SMILES string of the molecule is CNc1cccc2c1Cc1nc(Oc3cnc(C)c(OC)c3)nc(N3CC[C@@H](N)C3)c1-2. The number of aryl methyl sites for hydroxylation is 1. The highest BCUT2D eigenvalue weighted by atomic mass is 16.5. The standard InChI is InChI=1S/C23H26N6O2/c1-13-20(30-3)9-15(11-26-13)31-23-27-19-10-17-16(5-4-6-18(17)25-2)21(19)22(28-23)29-8-7-14(24)12-29/h4-6,9,11,14,25H,7-8,10,12,24H2,1-3H3/t14-/m1/s1. The molecule has 0 radical (unpaired) electrons. The van der Waals surface area contributed by atoms with Crippen molar-refractivity contribution in [3.63, 3.8) is 0 Å². The van der Waals surface area contributed by atoms with Gasteiger partial charge in [0.05, 0.1) is 24.7 Å². The van der Waals surface area contributed by atoms with E-state index in [4.69, 9.17) is 25.2 Å². The third kappa shape index (κ3) is 3.42. The number of methoxy groups -OCH3 is 1. The Labute approximate surface area is 181 Å². The molecule has 31 heavy (non-hydrogen) atoms. The van der Waals surface area contributed by atoms with Crippen LogP contribution in [0.2, 0.25) is 0 Å². The van der Waals surface area contributed by atoms with Crippen molar-refractivity contribution < 1.29 is 9.47 Å². The first kappa shape index (κ1) is 19.6. The van der Waals surface area contributed by atoms with Crippen molar-refractivity contribution in [2.24, 2.45) is 5.73 Å². The number of ether oxygens (including phenoxy) is 2. The first-order valence-electron chi connectivity index (χ1n) is 10.5. The topological polar surface area (TPSA) is 98.4 Å². The third-order valence-electron chi connectivity index (χ3n) is 5.97. The quantitative estimate of drug-likeness (QED) is 0.510. The molecular weight excluding hydrogens is 392 g/mol. The van der Waals surface area contributed by atoms with Crippen molar-refractivity contribution in [2.75, 3.05) is 37.5 Å². The molecule has 1 fully saturated rings. The van der Waals surface area contributed by atoms with E-state index >= 15 is 0 Å². The minimum atomic E-state index is 0.144. The minimum absolute atomic E-state index is 0.144. The maximum atomic E-state index is 6.21. The molecule has 0 amide bonds. The molecule has 0 spiro atoms. The summed E-state index contributed by atoms with van der Waals surface area (Å²) in [5.74, 6) is 2.08. The number of hydrogen-bond donors (Lipinski definition) is 2. The number of aromatic nitrogens is 3. The van der Waals surface area contributed by atoms with Gasteiger partial charge in [-0.25, -0.2) is 0 Å². The zero-order chi connectivity index (χ0) is 21.5. The Morgan fingerprint density at radius 2 is 2.13 bits per heavy atom. The molecule has 0 unspecified atom stereocenters. The molecule has 5 rings (SSSR count). The monoisotopic (exact) mass is 418 g/mol. The molecule has 1 aromatic carbocycles. The largest absolute Gasteiger partial charge is 0.495 e. The molecule has 160 valence electrons. The molecule has 2 aromatic heterocycles. The molecule has 8 nitrogen and oxygen atoms in total. The second kappa shape index (κ2) is 7.70. The number of nitrogens with two attached hydrogens (primary N) is 1. The number of benzene rings is 1. The Morgan fingerprint density at radius 3 is 2.87 bits per heavy atom. The zero-order valence-corrected chi connectivity index (χ0v) is 18.0. The van der Waals surface area contributed by atoms with Crippen LogP contribution in [-0.2, 0) is 6.42 Å². The van der Waals surface area contributed by atoms with Gasteiger partial charge in [-0.2, -0.15) is 9.97 Å². The van der Waals surface area contributed by atoms with Gasteiger partial charge >= 0.3 is 6.01 Å². The first-order valence-corrected chi connectivity index (χ1v) is 10.5. The Balaban J connectivity index is 1.59. The fraction of sp³-hybridized carbons (Fsp3) is 0.348. The summed E-state index contributed by atoms with van der Waals surface area (Å²) in [5, 5.41) is 3.30. The number of nitrogens with one attached hydrogen (secondary N) is 1. The van der Waals surface area contributed by atoms with Gasteiger partial charge in [0.25, 0.3) is 0 Å². The molecule has 0 bridgehead atoms. The number of pyridine rings is 1. The predicted octanol–water partition coefficient (Wildman–Crippen LogP) is 3.13. The van der Waals surface area contributed by atoms with Gasteiger partial charge < -0.3 is 25.4 Å². The van der Waals surface area contributed by atoms with E-state index < -0.39 is 0 Å². The van der Waals surface area contributed by atoms with Crippen molar-refractivity contribution >= 4 is 11.5 Å². The highest BCUT2D eigenvalue weighted by molar-refractivity contribution is 5.88. The van der Waals surface area contributed by atoms with E-state index in [-0.39, 0.29) is 6.04 Å². The van der Waals surface area contributed by atoms with Crippen molar-refractivity contribution in [1.82, 2.24) is 15.0 Å². The second-order valence-corrected chi connectivity index (χ2v) is 7.97. The smallest absolute Gasteiger partial charge is 0.324 e. The molecule has 0 saturated carbocycles. The number of anilines is 2. The van der Waals surface area contributed by atoms with Crippen LogP contribution >= 0.6 is 0 Å². The number of hydrogen-bond acceptors (Lipinski definition) is 8. The molecule has 1 saturated heterocycles. The Morgan fingerprint density at radius 1 is 1.26 bits per heavy atom. The maximum absolute atomic E-state index is 6.21. The highest BCUT2D eigenvalue weighted by Gasteiger charge is 2.32. The summed E-state index contributed by atoms with van der Waals surface area (Å²) >= 11 is 0. The van der Waals surface area contributed by atoms with Gasteiger partial charge in [0.2, 0.25) is 0 Å². The van der Waals surface area contributed by atoms with Crippen LogP contribution in [0.15, 0.2) is 30.5 Å². The molecule has 3 aromatic rings. The van der Waals surface area contributed by atoms with E-state index in [2.05, 4.69) is 33.4 Å². The summed E-state index contributed by atoms with van der Waals surface area (Å²) in [6.07, 6.45) is 3.33. The first-order chi connectivity index (χ1) is 15.1. The van der Waals surface area contributed by atoms with Crippen molar-refractivity contribution in [3.8, 4) is 28.6 Å². The van der Waals surface area contributed by atoms with Gasteiger partial charge in [0.15, 0.2) is 5.75 Å². The van der Waals surface area contributed by atoms with Crippen LogP contribution in [0.5, 0.6) is 17.5 Å². The molecule has 8 heteroatoms. The van der Waals surface area contributed by atoms with Gasteiger partial charge in [0, 0.05) is 49.9 Å². The second-order valence-electron chi connectivity index (χ2n) is 7.97. The maximum Gasteiger partial charge on any atom is 0.324 e. The Kier molecular flexibility index (Phi) is 4.86. The van der Waals surface area contributed by atoms with Crippen LogP contribution in [0.4, 0.5) is 11.5 Å². The average Bonchev–Trinajstić information content (AvgIpc) is 3.37. The van der Waals surface area contributed by atoms with Gasteiger partial charge in [0.1, 0.15) is 11.6 Å². The summed E-state index contributed by atoms with van der Waals surface area (Å²) in [7, 11) is 3.56. The highest BCUT2D eigenvalue weighted by Crippen LogP contribution is 2.45. The van der Waals surface area contributed by atoms with Crippen molar-refractivity contribution in [3.05, 3.63) is 47.4 Å². The molecule has 1 aliphatic carbocycles. The van der Waals surface area contributed by atoms with E-state index in [1.807, 2.05) is 14.0 Å². The van der Waals surface area contributed by atoms with Crippen LogP contribution in [0.1, 0.15) is 23.4 Å². The molecule has 1 aliphatic heterocycles. The van der Waals surface area contributed by atoms with Gasteiger partial charge in [-0.15, -0.1) is 0 Å². The lowest BCUT2D eigenvalue weighted by Crippen LogP contribution is -2.27. The van der Waals surface area contributed by atoms with Gasteiger partial charge in [-0.05, 0) is 30.5 Å². The summed E-state index contributed by atoms with van der Waals surface area (Å²) in [4.78, 5) is 16.2. The lowest BCUT2D eigenvalue weighted by molar-refractivity contribution is 0.397. The van der Waals surface area contributed by atoms with Crippen LogP contribution in [0, 0.1) is 6.92 Å². The van der Waals surface area contributed by atoms with Crippen LogP contribution in [0.3, 0.4) is 0 Å². The van der Waals surface area contributed by atoms with Gasteiger partial charge in [-0.1, -0.05) is 12.1 Å². The van der Waals surface area contributed by atoms with E-state index in [0.717, 1.165) is 54.4 Å². The third-order valence-corrected chi connectivity index (χ3v) is 5.97. The normalized spacial score (nSPS) is 16.8. The predicted molar refractivity (Wildman–Crippen MR) is 120 cm³/mol. The van der Waals surface area contributed by atoms with E-state index in [1.54, 1.807) is 19.4 Å². The summed E-state index contributed by atoms with van der Waals surface area (Å²) in [6, 6.07) is 8.54. The summed E-state index contributed by atoms with van der Waals surface area (Å²) < 4.78 is 11.4. The van der Waals surface area contributed by atoms with Crippen LogP contribution in [0.25, 0.3) is 11.1 Å². The summed E-state index contributed by atoms with van der Waals surface area (Å²) in [6.45, 7) is 3.52. The number of nitrogens with zero attached hydrogens (tertiary/aromatic N) is 4. The average molecular weight is 419 g/mol. The van der Waals surface area contributed by atoms with Crippen LogP contribution < -0.4 is 25.4 Å². The Bertz CT molecular complexity index is 1150. The fourth-order valence-electron chi connectivity index (χ4n) is 4.41. The van der Waals surface area contributed by atoms with E-state index in [0.29, 0.717) is 17.5 Å². The van der Waals surface area contributed by atoms with E-state index in [9.17, 15) is 0 Å². The molecule has 3 heterocycles. The Hall–Kier alpha value is -3.39. The summed E-state index contributed by atoms with van der Waals surface area (Å²) in [5.41, 5.74) is 12.6. The number of fused-ring (bicyclic) bond motifs is 3. The molecular formula is C23H26N6O2. The molecule has 3 N–H and O–H groups in total. The van der Waals surface area contributed by atoms with Crippen LogP contribution in [-0.4, -0.2) is 48.2 Å². The fourth-order valence-corrected chi connectivity index (χ4v) is 4.41. The molecule has 2 aliphatic rings. The lowest BCUT2D eigenvalue weighted by Gasteiger charge is -2.21. The van der Waals surface area contributed by atoms with Crippen molar-refractivity contribution in [2.45, 2.75) is 25.8 Å². The van der Waals surface area contributed by atoms with Crippen molar-refractivity contribution in [1.29, 1.82) is 0 Å². The van der Waals surface area contributed by atoms with Gasteiger partial charge in [-0.3, -0.25) is 4.98 Å². The minimum Gasteiger partial charge on any atom is -0.495 e.